The number of fused-ring (bicyclic) bond motifs is 1. The van der Waals surface area contributed by atoms with Crippen LogP contribution in [0, 0.1) is 0 Å². The fourth-order valence-electron chi connectivity index (χ4n) is 2.59. The molecule has 0 aliphatic carbocycles. The number of benzene rings is 1. The van der Waals surface area contributed by atoms with Crippen molar-refractivity contribution in [3.05, 3.63) is 46.8 Å². The molecule has 0 aromatic heterocycles. The number of hydrogen-bond acceptors (Lipinski definition) is 4. The van der Waals surface area contributed by atoms with Crippen LogP contribution in [0.3, 0.4) is 0 Å². The van der Waals surface area contributed by atoms with Crippen LogP contribution in [0.4, 0.5) is 4.39 Å². The highest BCUT2D eigenvalue weighted by Gasteiger charge is 2.36. The lowest BCUT2D eigenvalue weighted by Crippen LogP contribution is -2.32. The van der Waals surface area contributed by atoms with Gasteiger partial charge in [-0.15, -0.1) is 0 Å². The number of ether oxygens (including phenoxy) is 1. The molecule has 6 heteroatoms. The van der Waals surface area contributed by atoms with Crippen LogP contribution in [0.15, 0.2) is 35.7 Å². The van der Waals surface area contributed by atoms with Gasteiger partial charge in [0, 0.05) is 18.7 Å². The molecule has 2 amide bonds. The Morgan fingerprint density at radius 1 is 1.32 bits per heavy atom. The van der Waals surface area contributed by atoms with Gasteiger partial charge in [0.15, 0.2) is 0 Å². The van der Waals surface area contributed by atoms with Gasteiger partial charge in [-0.05, 0) is 19.1 Å². The summed E-state index contributed by atoms with van der Waals surface area (Å²) in [7, 11) is 0. The van der Waals surface area contributed by atoms with E-state index in [1.165, 1.54) is 0 Å². The van der Waals surface area contributed by atoms with E-state index in [1.54, 1.807) is 24.3 Å². The zero-order valence-corrected chi connectivity index (χ0v) is 12.3. The topological polar surface area (TPSA) is 58.6 Å². The highest BCUT2D eigenvalue weighted by Crippen LogP contribution is 2.24. The Morgan fingerprint density at radius 2 is 1.95 bits per heavy atom. The van der Waals surface area contributed by atoms with Crippen LogP contribution < -0.4 is 5.32 Å². The van der Waals surface area contributed by atoms with E-state index in [2.05, 4.69) is 5.32 Å². The molecule has 0 spiro atoms. The van der Waals surface area contributed by atoms with Crippen LogP contribution in [-0.4, -0.2) is 49.1 Å². The molecule has 2 aliphatic heterocycles. The molecular weight excluding hydrogens is 287 g/mol. The molecule has 3 rings (SSSR count). The molecule has 1 aromatic carbocycles. The number of imide groups is 1. The van der Waals surface area contributed by atoms with Crippen LogP contribution in [0.25, 0.3) is 0 Å². The fraction of sp³-hybridized carbons (Fsp3) is 0.375. The molecule has 0 saturated carbocycles. The summed E-state index contributed by atoms with van der Waals surface area (Å²) in [6.07, 6.45) is 0.00426. The van der Waals surface area contributed by atoms with E-state index >= 15 is 0 Å². The smallest absolute Gasteiger partial charge is 0.261 e. The minimum absolute atomic E-state index is 0.00426. The Balaban J connectivity index is 1.79. The van der Waals surface area contributed by atoms with Crippen molar-refractivity contribution < 1.29 is 18.7 Å². The predicted molar refractivity (Wildman–Crippen MR) is 78.2 cm³/mol. The lowest BCUT2D eigenvalue weighted by Gasteiger charge is -2.14. The van der Waals surface area contributed by atoms with Gasteiger partial charge in [-0.2, -0.15) is 0 Å². The van der Waals surface area contributed by atoms with E-state index in [1.807, 2.05) is 6.92 Å². The lowest BCUT2D eigenvalue weighted by atomic mass is 10.1. The number of rotatable bonds is 2. The fourth-order valence-corrected chi connectivity index (χ4v) is 2.59. The van der Waals surface area contributed by atoms with Crippen molar-refractivity contribution >= 4 is 11.8 Å². The van der Waals surface area contributed by atoms with E-state index in [-0.39, 0.29) is 19.3 Å². The van der Waals surface area contributed by atoms with Crippen molar-refractivity contribution in [3.63, 3.8) is 0 Å². The summed E-state index contributed by atoms with van der Waals surface area (Å²) in [5.41, 5.74) is 1.10. The van der Waals surface area contributed by atoms with E-state index in [0.29, 0.717) is 29.8 Å². The first kappa shape index (κ1) is 14.9. The van der Waals surface area contributed by atoms with Crippen LogP contribution in [0.5, 0.6) is 0 Å². The molecule has 22 heavy (non-hydrogen) atoms. The van der Waals surface area contributed by atoms with Crippen molar-refractivity contribution in [2.45, 2.75) is 13.0 Å². The summed E-state index contributed by atoms with van der Waals surface area (Å²) in [5.74, 6) is -1.39. The second-order valence-corrected chi connectivity index (χ2v) is 5.50. The molecule has 2 aliphatic rings. The largest absolute Gasteiger partial charge is 0.373 e. The maximum Gasteiger partial charge on any atom is 0.261 e. The molecule has 2 heterocycles. The summed E-state index contributed by atoms with van der Waals surface area (Å²) in [4.78, 5) is 25.4. The summed E-state index contributed by atoms with van der Waals surface area (Å²) in [6.45, 7) is 2.73. The number of carbonyl (C=O) groups excluding carboxylic acids is 2. The summed E-state index contributed by atoms with van der Waals surface area (Å²) in [5, 5.41) is 3.08. The van der Waals surface area contributed by atoms with E-state index in [9.17, 15) is 14.0 Å². The van der Waals surface area contributed by atoms with Crippen molar-refractivity contribution in [1.29, 1.82) is 0 Å². The molecule has 1 N–H and O–H groups in total. The molecule has 0 radical (unpaired) electrons. The minimum atomic E-state index is -0.490. The number of nitrogens with zero attached hydrogens (tertiary/aromatic N) is 1. The molecule has 1 saturated heterocycles. The zero-order chi connectivity index (χ0) is 15.7. The Hall–Kier alpha value is -2.05. The molecule has 1 atom stereocenters. The van der Waals surface area contributed by atoms with Crippen molar-refractivity contribution in [2.75, 3.05) is 26.2 Å². The number of nitrogens with one attached hydrogen (secondary N) is 1. The maximum absolute atomic E-state index is 14.4. The number of carbonyl (C=O) groups is 2. The minimum Gasteiger partial charge on any atom is -0.373 e. The summed E-state index contributed by atoms with van der Waals surface area (Å²) >= 11 is 0. The van der Waals surface area contributed by atoms with Crippen LogP contribution in [-0.2, 0) is 4.74 Å². The Morgan fingerprint density at radius 3 is 2.59 bits per heavy atom. The van der Waals surface area contributed by atoms with Gasteiger partial charge < -0.3 is 10.1 Å². The van der Waals surface area contributed by atoms with Crippen molar-refractivity contribution in [2.24, 2.45) is 0 Å². The standard InChI is InChI=1S/C16H17FN2O3/c1-10-6-18-7-11(9-22-10)14(17)8-19-15(20)12-4-2-3-5-13(12)16(19)21/h2-5,10,18H,6-9H2,1H3/b14-11-/t10-/m0/s1. The summed E-state index contributed by atoms with van der Waals surface area (Å²) < 4.78 is 19.9. The van der Waals surface area contributed by atoms with E-state index in [0.717, 1.165) is 4.90 Å². The quantitative estimate of drug-likeness (QED) is 0.842. The molecule has 0 unspecified atom stereocenters. The van der Waals surface area contributed by atoms with Gasteiger partial charge >= 0.3 is 0 Å². The Bertz CT molecular complexity index is 622. The van der Waals surface area contributed by atoms with Gasteiger partial charge in [-0.3, -0.25) is 14.5 Å². The molecular formula is C16H17FN2O3. The molecule has 5 nitrogen and oxygen atoms in total. The zero-order valence-electron chi connectivity index (χ0n) is 12.3. The second kappa shape index (κ2) is 5.98. The van der Waals surface area contributed by atoms with Gasteiger partial charge in [0.25, 0.3) is 11.8 Å². The third-order valence-electron chi connectivity index (χ3n) is 3.87. The first-order valence-corrected chi connectivity index (χ1v) is 7.22. The van der Waals surface area contributed by atoms with Crippen molar-refractivity contribution in [3.8, 4) is 0 Å². The van der Waals surface area contributed by atoms with Gasteiger partial charge in [-0.25, -0.2) is 4.39 Å². The van der Waals surface area contributed by atoms with Gasteiger partial charge in [0.2, 0.25) is 0 Å². The molecule has 116 valence electrons. The maximum atomic E-state index is 14.4. The van der Waals surface area contributed by atoms with Gasteiger partial charge in [-0.1, -0.05) is 12.1 Å². The predicted octanol–water partition coefficient (Wildman–Crippen LogP) is 1.51. The number of hydrogen-bond donors (Lipinski definition) is 1. The molecule has 0 bridgehead atoms. The highest BCUT2D eigenvalue weighted by molar-refractivity contribution is 6.21. The number of amides is 2. The van der Waals surface area contributed by atoms with Gasteiger partial charge in [0.05, 0.1) is 30.4 Å². The van der Waals surface area contributed by atoms with Crippen molar-refractivity contribution in [1.82, 2.24) is 10.2 Å². The normalized spacial score (nSPS) is 24.3. The van der Waals surface area contributed by atoms with E-state index in [4.69, 9.17) is 4.74 Å². The SMILES string of the molecule is C[C@H]1CNC/C(=C(/F)CN2C(=O)c3ccccc3C2=O)CO1. The molecule has 1 fully saturated rings. The van der Waals surface area contributed by atoms with Crippen LogP contribution in [0.1, 0.15) is 27.6 Å². The average molecular weight is 304 g/mol. The second-order valence-electron chi connectivity index (χ2n) is 5.50. The lowest BCUT2D eigenvalue weighted by molar-refractivity contribution is 0.0655. The molecule has 1 aromatic rings. The van der Waals surface area contributed by atoms with Crippen LogP contribution in [0.2, 0.25) is 0 Å². The monoisotopic (exact) mass is 304 g/mol. The first-order valence-electron chi connectivity index (χ1n) is 7.22. The van der Waals surface area contributed by atoms with Crippen LogP contribution >= 0.6 is 0 Å². The third kappa shape index (κ3) is 2.67. The highest BCUT2D eigenvalue weighted by atomic mass is 19.1. The van der Waals surface area contributed by atoms with E-state index < -0.39 is 17.6 Å². The summed E-state index contributed by atoms with van der Waals surface area (Å²) in [6, 6.07) is 6.54. The Labute approximate surface area is 127 Å². The third-order valence-corrected chi connectivity index (χ3v) is 3.87. The Kier molecular flexibility index (Phi) is 4.04. The average Bonchev–Trinajstić information content (AvgIpc) is 2.69. The van der Waals surface area contributed by atoms with Gasteiger partial charge in [0.1, 0.15) is 5.83 Å². The first-order chi connectivity index (χ1) is 10.6. The number of halogens is 1.